The molecule has 0 atom stereocenters. The predicted molar refractivity (Wildman–Crippen MR) is 64.5 cm³/mol. The summed E-state index contributed by atoms with van der Waals surface area (Å²) in [6.45, 7) is 0. The first-order valence-electron chi connectivity index (χ1n) is 2.83. The summed E-state index contributed by atoms with van der Waals surface area (Å²) in [6, 6.07) is 0. The molecule has 0 saturated heterocycles. The van der Waals surface area contributed by atoms with E-state index in [9.17, 15) is 9.59 Å². The van der Waals surface area contributed by atoms with Crippen LogP contribution in [0.3, 0.4) is 0 Å². The molecule has 0 rings (SSSR count). The van der Waals surface area contributed by atoms with Gasteiger partial charge in [0.15, 0.2) is 5.57 Å². The van der Waals surface area contributed by atoms with Gasteiger partial charge in [-0.25, -0.2) is 9.59 Å². The van der Waals surface area contributed by atoms with E-state index in [4.69, 9.17) is 10.2 Å². The third kappa shape index (κ3) is 8.66. The molecule has 0 aliphatic rings. The van der Waals surface area contributed by atoms with Gasteiger partial charge >= 0.3 is 60.8 Å². The van der Waals surface area contributed by atoms with Gasteiger partial charge in [-0.05, 0) is 12.5 Å². The largest absolute Gasteiger partial charge is 2.00 e. The Kier molecular flexibility index (Phi) is 21.5. The van der Waals surface area contributed by atoms with Gasteiger partial charge < -0.3 is 24.0 Å². The molecule has 0 aromatic rings. The molecule has 0 bridgehead atoms. The smallest absolute Gasteiger partial charge is 1.00 e. The van der Waals surface area contributed by atoms with Crippen molar-refractivity contribution in [1.82, 2.24) is 0 Å². The number of aliphatic carboxylic acids is 2. The Morgan fingerprint density at radius 2 is 1.27 bits per heavy atom. The van der Waals surface area contributed by atoms with Crippen molar-refractivity contribution in [2.45, 2.75) is 0 Å². The molecular weight excluding hydrogens is 370 g/mol. The zero-order chi connectivity index (χ0) is 9.72. The van der Waals surface area contributed by atoms with Gasteiger partial charge in [0.2, 0.25) is 0 Å². The van der Waals surface area contributed by atoms with E-state index in [1.54, 1.807) is 12.5 Å². The van der Waals surface area contributed by atoms with Crippen LogP contribution in [0.2, 0.25) is 0 Å². The first-order valence-corrected chi connectivity index (χ1v) is 5.28. The fraction of sp³-hybridized carbons (Fsp3) is 0.333. The van der Waals surface area contributed by atoms with Crippen molar-refractivity contribution in [3.8, 4) is 0 Å². The van der Waals surface area contributed by atoms with Crippen molar-refractivity contribution in [3.63, 3.8) is 0 Å². The van der Waals surface area contributed by atoms with E-state index >= 15 is 0 Å². The Morgan fingerprint density at radius 3 is 1.33 bits per heavy atom. The summed E-state index contributed by atoms with van der Waals surface area (Å²) in [6.07, 6.45) is 3.27. The maximum atomic E-state index is 10.4. The fourth-order valence-corrected chi connectivity index (χ4v) is 1.98. The molecule has 15 heavy (non-hydrogen) atoms. The minimum atomic E-state index is -1.40. The molecule has 0 fully saturated rings. The van der Waals surface area contributed by atoms with Crippen molar-refractivity contribution in [3.05, 3.63) is 9.81 Å². The Morgan fingerprint density at radius 1 is 1.00 bits per heavy atom. The number of hydrogen-bond donors (Lipinski definition) is 2. The third-order valence-corrected chi connectivity index (χ3v) is 3.15. The molecule has 0 unspecified atom stereocenters. The van der Waals surface area contributed by atoms with Crippen molar-refractivity contribution >= 4 is 84.3 Å². The van der Waals surface area contributed by atoms with E-state index in [0.717, 1.165) is 23.5 Å². The maximum Gasteiger partial charge on any atom is 2.00 e. The van der Waals surface area contributed by atoms with Crippen LogP contribution in [0.5, 0.6) is 0 Å². The zero-order valence-electron chi connectivity index (χ0n) is 10.2. The predicted octanol–water partition coefficient (Wildman–Crippen LogP) is -0.712. The maximum absolute atomic E-state index is 10.4. The normalized spacial score (nSPS) is 7.33. The third-order valence-electron chi connectivity index (χ3n) is 1.00. The van der Waals surface area contributed by atoms with Gasteiger partial charge in [0.25, 0.3) is 0 Å². The van der Waals surface area contributed by atoms with E-state index in [1.807, 2.05) is 0 Å². The van der Waals surface area contributed by atoms with E-state index < -0.39 is 17.5 Å². The number of carboxylic acid groups (broad SMARTS) is 2. The number of rotatable bonds is 4. The van der Waals surface area contributed by atoms with Crippen LogP contribution in [0.1, 0.15) is 2.85 Å². The van der Waals surface area contributed by atoms with Crippen LogP contribution >= 0.6 is 23.5 Å². The Labute approximate surface area is 139 Å². The van der Waals surface area contributed by atoms with Gasteiger partial charge in [0, 0.05) is 0 Å². The van der Waals surface area contributed by atoms with E-state index in [1.165, 1.54) is 0 Å². The molecule has 0 aliphatic carbocycles. The first kappa shape index (κ1) is 24.9. The first-order chi connectivity index (χ1) is 5.54. The van der Waals surface area contributed by atoms with Crippen LogP contribution in [0.4, 0.5) is 0 Å². The van der Waals surface area contributed by atoms with Gasteiger partial charge in [-0.15, -0.1) is 23.5 Å². The Bertz CT molecular complexity index is 229. The molecule has 0 radical (unpaired) electrons. The molecule has 0 aromatic carbocycles. The molecule has 0 heterocycles. The van der Waals surface area contributed by atoms with Crippen LogP contribution < -0.4 is 0 Å². The van der Waals surface area contributed by atoms with Crippen LogP contribution in [-0.4, -0.2) is 94.5 Å². The second-order valence-electron chi connectivity index (χ2n) is 1.68. The number of thioether (sulfide) groups is 2. The number of hydrogen-bond acceptors (Lipinski definition) is 4. The monoisotopic (exact) mass is 384 g/mol. The second-order valence-corrected chi connectivity index (χ2v) is 3.57. The molecule has 6 nitrogen and oxygen atoms in total. The molecule has 0 aromatic heterocycles. The molecule has 6 N–H and O–H groups in total. The average molecular weight is 384 g/mol. The summed E-state index contributed by atoms with van der Waals surface area (Å²) in [5.41, 5.74) is -0.560. The number of carboxylic acids is 2. The van der Waals surface area contributed by atoms with Gasteiger partial charge in [-0.2, -0.15) is 0 Å². The van der Waals surface area contributed by atoms with Gasteiger partial charge in [-0.3, -0.25) is 0 Å². The van der Waals surface area contributed by atoms with Crippen LogP contribution in [0.25, 0.3) is 0 Å². The summed E-state index contributed by atoms with van der Waals surface area (Å²) in [5.74, 6) is -2.80. The summed E-state index contributed by atoms with van der Waals surface area (Å²) < 4.78 is 0.301. The molecule has 0 amide bonds. The van der Waals surface area contributed by atoms with Gasteiger partial charge in [-0.1, -0.05) is 0 Å². The Balaban J connectivity index is -0.0000000605. The molecule has 0 saturated carbocycles. The van der Waals surface area contributed by atoms with E-state index in [2.05, 4.69) is 0 Å². The average Bonchev–Trinajstić information content (AvgIpc) is 1.98. The zero-order valence-corrected chi connectivity index (χ0v) is 14.3. The standard InChI is InChI=1S/C6H8O4S2.Ba.2H2O.2H/c1-11-6(12-2)3(4(7)8)5(9)10;;;;;/h1-2H3,(H,7,8)(H,9,10);;2*1H2;;/q;+2;;;2*-1. The number of carbonyl (C=O) groups is 2. The fourth-order valence-electron chi connectivity index (χ4n) is 0.554. The van der Waals surface area contributed by atoms with E-state index in [-0.39, 0.29) is 62.7 Å². The van der Waals surface area contributed by atoms with Crippen molar-refractivity contribution in [1.29, 1.82) is 0 Å². The summed E-state index contributed by atoms with van der Waals surface area (Å²) in [4.78, 5) is 20.9. The van der Waals surface area contributed by atoms with Crippen molar-refractivity contribution < 1.29 is 33.6 Å². The summed E-state index contributed by atoms with van der Waals surface area (Å²) in [7, 11) is 0. The molecular formula is C6H14BaO6S2. The minimum absolute atomic E-state index is 0. The SMILES string of the molecule is CSC(SC)=C(C(=O)O)C(=O)O.O.O.[Ba+2].[H-].[H-]. The van der Waals surface area contributed by atoms with Crippen molar-refractivity contribution in [2.75, 3.05) is 12.5 Å². The van der Waals surface area contributed by atoms with Crippen LogP contribution in [-0.2, 0) is 9.59 Å². The minimum Gasteiger partial charge on any atom is -1.00 e. The van der Waals surface area contributed by atoms with Crippen LogP contribution in [0.15, 0.2) is 9.81 Å². The molecule has 88 valence electrons. The molecule has 0 aliphatic heterocycles. The quantitative estimate of drug-likeness (QED) is 0.285. The van der Waals surface area contributed by atoms with Gasteiger partial charge in [0.05, 0.1) is 4.24 Å². The van der Waals surface area contributed by atoms with Crippen LogP contribution in [0, 0.1) is 0 Å². The van der Waals surface area contributed by atoms with Crippen molar-refractivity contribution in [2.24, 2.45) is 0 Å². The van der Waals surface area contributed by atoms with Gasteiger partial charge in [0.1, 0.15) is 0 Å². The second kappa shape index (κ2) is 12.9. The topological polar surface area (TPSA) is 138 Å². The van der Waals surface area contributed by atoms with E-state index in [0.29, 0.717) is 4.24 Å². The molecule has 9 heteroatoms. The molecule has 0 spiro atoms. The Hall–Kier alpha value is 0.871. The summed E-state index contributed by atoms with van der Waals surface area (Å²) in [5, 5.41) is 17.0. The summed E-state index contributed by atoms with van der Waals surface area (Å²) >= 11 is 2.23.